The molecule has 2 aromatic carbocycles. The summed E-state index contributed by atoms with van der Waals surface area (Å²) in [6.07, 6.45) is 12.1. The van der Waals surface area contributed by atoms with Gasteiger partial charge < -0.3 is 48.4 Å². The fourth-order valence-corrected chi connectivity index (χ4v) is 6.50. The van der Waals surface area contributed by atoms with Gasteiger partial charge in [0.1, 0.15) is 17.3 Å². The maximum atomic E-state index is 11.2. The smallest absolute Gasteiger partial charge is 0.248 e. The van der Waals surface area contributed by atoms with Crippen LogP contribution >= 0.6 is 0 Å². The number of carbonyl (C=O) groups excluding carboxylic acids is 2. The summed E-state index contributed by atoms with van der Waals surface area (Å²) in [4.78, 5) is 54.9. The minimum absolute atomic E-state index is 0.290. The number of imidazole rings is 2. The molecule has 4 heterocycles. The summed E-state index contributed by atoms with van der Waals surface area (Å²) >= 11 is 0. The number of aldehydes is 1. The van der Waals surface area contributed by atoms with E-state index in [1.165, 1.54) is 0 Å². The van der Waals surface area contributed by atoms with Gasteiger partial charge >= 0.3 is 0 Å². The quantitative estimate of drug-likeness (QED) is 0.0885. The number of hydrogen-bond acceptors (Lipinski definition) is 14. The Labute approximate surface area is 304 Å². The van der Waals surface area contributed by atoms with Crippen LogP contribution < -0.4 is 38.5 Å². The van der Waals surface area contributed by atoms with Crippen molar-refractivity contribution in [2.75, 3.05) is 21.3 Å². The van der Waals surface area contributed by atoms with Crippen molar-refractivity contribution >= 4 is 69.4 Å². The van der Waals surface area contributed by atoms with E-state index in [0.29, 0.717) is 75.6 Å². The van der Waals surface area contributed by atoms with E-state index in [1.54, 1.807) is 49.1 Å². The van der Waals surface area contributed by atoms with Gasteiger partial charge in [0.05, 0.1) is 12.7 Å². The molecule has 0 aliphatic heterocycles. The number of anilines is 6. The van der Waals surface area contributed by atoms with E-state index in [2.05, 4.69) is 61.1 Å². The number of primary amides is 1. The molecule has 0 atom stereocenters. The highest BCUT2D eigenvalue weighted by molar-refractivity contribution is 5.93. The Hall–Kier alpha value is -6.20. The first-order valence-corrected chi connectivity index (χ1v) is 17.7. The highest BCUT2D eigenvalue weighted by Crippen LogP contribution is 2.27. The van der Waals surface area contributed by atoms with Crippen molar-refractivity contribution in [1.29, 1.82) is 0 Å². The number of hydrogen-bond donors (Lipinski definition) is 9. The van der Waals surface area contributed by atoms with Gasteiger partial charge in [-0.1, -0.05) is 0 Å². The number of aromatic nitrogens is 8. The molecule has 1 amide bonds. The predicted octanol–water partition coefficient (Wildman–Crippen LogP) is 4.47. The average molecular weight is 718 g/mol. The largest absolute Gasteiger partial charge is 0.366 e. The van der Waals surface area contributed by atoms with E-state index in [0.717, 1.165) is 74.5 Å². The second-order valence-electron chi connectivity index (χ2n) is 13.4. The Balaban J connectivity index is 0.000000164. The van der Waals surface area contributed by atoms with Crippen LogP contribution in [0.2, 0.25) is 0 Å². The van der Waals surface area contributed by atoms with Crippen LogP contribution in [0.4, 0.5) is 34.9 Å². The Kier molecular flexibility index (Phi) is 10.6. The molecule has 0 saturated heterocycles. The number of carbonyl (C=O) groups is 2. The second kappa shape index (κ2) is 16.0. The number of amides is 1. The lowest BCUT2D eigenvalue weighted by Gasteiger charge is -2.26. The number of benzene rings is 2. The van der Waals surface area contributed by atoms with Gasteiger partial charge in [0.2, 0.25) is 17.8 Å². The van der Waals surface area contributed by atoms with Crippen LogP contribution in [0, 0.1) is 0 Å². The summed E-state index contributed by atoms with van der Waals surface area (Å²) in [7, 11) is 0. The van der Waals surface area contributed by atoms with Crippen LogP contribution in [0.3, 0.4) is 0 Å². The molecule has 8 rings (SSSR count). The van der Waals surface area contributed by atoms with E-state index < -0.39 is 5.91 Å². The van der Waals surface area contributed by atoms with Gasteiger partial charge in [-0.2, -0.15) is 19.9 Å². The van der Waals surface area contributed by atoms with Crippen LogP contribution in [0.25, 0.3) is 22.3 Å². The second-order valence-corrected chi connectivity index (χ2v) is 13.4. The molecule has 274 valence electrons. The lowest BCUT2D eigenvalue weighted by molar-refractivity contribution is 0.0999. The highest BCUT2D eigenvalue weighted by atomic mass is 16.1. The standard InChI is InChI=1S/C18H22N8O.C18H21N7O/c19-11-3-7-13(8-4-11)24-18-25-16-14(21-9-22-16)17(26-18)23-12-5-1-10(2-6-12)15(20)27;19-12-3-7-14(8-4-12)23-18-24-16-15(20-10-21-16)17(25-18)22-13-5-1-11(9-26)2-6-13/h1-2,5-6,9,11,13H,3-4,7-8,19H2,(H2,20,27)(H3,21,22,23,24,25,26);1-2,5-6,9-10,12,14H,3-4,7-8,19H2,(H3,20,21,22,23,24,25). The summed E-state index contributed by atoms with van der Waals surface area (Å²) in [5.41, 5.74) is 22.6. The zero-order valence-electron chi connectivity index (χ0n) is 29.0. The minimum Gasteiger partial charge on any atom is -0.366 e. The van der Waals surface area contributed by atoms with Crippen LogP contribution in [0.5, 0.6) is 0 Å². The van der Waals surface area contributed by atoms with Gasteiger partial charge in [0, 0.05) is 46.7 Å². The molecule has 53 heavy (non-hydrogen) atoms. The Morgan fingerprint density at radius 1 is 0.642 bits per heavy atom. The molecule has 0 spiro atoms. The van der Waals surface area contributed by atoms with Gasteiger partial charge in [0.25, 0.3) is 0 Å². The summed E-state index contributed by atoms with van der Waals surface area (Å²) in [5, 5.41) is 13.3. The van der Waals surface area contributed by atoms with E-state index in [9.17, 15) is 9.59 Å². The number of nitrogens with zero attached hydrogens (tertiary/aromatic N) is 6. The molecule has 0 bridgehead atoms. The summed E-state index contributed by atoms with van der Waals surface area (Å²) < 4.78 is 0. The number of nitrogens with two attached hydrogens (primary N) is 3. The third-order valence-corrected chi connectivity index (χ3v) is 9.52. The van der Waals surface area contributed by atoms with Gasteiger partial charge in [0.15, 0.2) is 22.9 Å². The molecule has 2 fully saturated rings. The maximum absolute atomic E-state index is 11.2. The zero-order chi connectivity index (χ0) is 36.7. The zero-order valence-corrected chi connectivity index (χ0v) is 29.0. The van der Waals surface area contributed by atoms with Crippen LogP contribution in [-0.2, 0) is 0 Å². The lowest BCUT2D eigenvalue weighted by Crippen LogP contribution is -2.33. The van der Waals surface area contributed by atoms with Crippen molar-refractivity contribution in [3.8, 4) is 0 Å². The molecule has 2 aliphatic carbocycles. The molecule has 12 N–H and O–H groups in total. The molecule has 4 aromatic heterocycles. The molecular weight excluding hydrogens is 674 g/mol. The Morgan fingerprint density at radius 3 is 1.49 bits per heavy atom. The number of rotatable bonds is 10. The summed E-state index contributed by atoms with van der Waals surface area (Å²) in [6, 6.07) is 15.3. The van der Waals surface area contributed by atoms with E-state index in [-0.39, 0.29) is 0 Å². The molecule has 2 saturated carbocycles. The molecule has 0 unspecified atom stereocenters. The molecule has 17 heteroatoms. The first-order chi connectivity index (χ1) is 25.8. The number of fused-ring (bicyclic) bond motifs is 2. The summed E-state index contributed by atoms with van der Waals surface area (Å²) in [6.45, 7) is 0. The third-order valence-electron chi connectivity index (χ3n) is 9.52. The van der Waals surface area contributed by atoms with Crippen molar-refractivity contribution < 1.29 is 9.59 Å². The van der Waals surface area contributed by atoms with E-state index in [4.69, 9.17) is 17.2 Å². The molecule has 0 radical (unpaired) electrons. The molecule has 2 aliphatic rings. The monoisotopic (exact) mass is 717 g/mol. The van der Waals surface area contributed by atoms with Gasteiger partial charge in [-0.15, -0.1) is 0 Å². The van der Waals surface area contributed by atoms with Crippen LogP contribution in [0.15, 0.2) is 61.2 Å². The average Bonchev–Trinajstić information content (AvgIpc) is 3.85. The first kappa shape index (κ1) is 35.2. The molecular formula is C36H43N15O2. The lowest BCUT2D eigenvalue weighted by atomic mass is 9.92. The minimum atomic E-state index is -0.460. The van der Waals surface area contributed by atoms with E-state index >= 15 is 0 Å². The fraction of sp³-hybridized carbons (Fsp3) is 0.333. The van der Waals surface area contributed by atoms with Gasteiger partial charge in [-0.3, -0.25) is 9.59 Å². The Morgan fingerprint density at radius 2 is 1.08 bits per heavy atom. The van der Waals surface area contributed by atoms with Crippen molar-refractivity contribution in [1.82, 2.24) is 39.9 Å². The highest BCUT2D eigenvalue weighted by Gasteiger charge is 2.22. The van der Waals surface area contributed by atoms with Gasteiger partial charge in [-0.05, 0) is 99.9 Å². The fourth-order valence-electron chi connectivity index (χ4n) is 6.50. The SMILES string of the molecule is NC(=O)c1ccc(Nc2nc(NC3CCC(N)CC3)nc3nc[nH]c23)cc1.NC1CCC(Nc2nc(Nc3ccc(C=O)cc3)c3[nH]cnc3n2)CC1. The summed E-state index contributed by atoms with van der Waals surface area (Å²) in [5.74, 6) is 1.88. The van der Waals surface area contributed by atoms with E-state index in [1.807, 2.05) is 12.1 Å². The van der Waals surface area contributed by atoms with Crippen molar-refractivity contribution in [3.05, 3.63) is 72.3 Å². The Bertz CT molecular complexity index is 2150. The number of aromatic amines is 2. The first-order valence-electron chi connectivity index (χ1n) is 17.7. The number of nitrogens with one attached hydrogen (secondary N) is 6. The third kappa shape index (κ3) is 8.82. The maximum Gasteiger partial charge on any atom is 0.248 e. The topological polar surface area (TPSA) is 269 Å². The molecule has 17 nitrogen and oxygen atoms in total. The predicted molar refractivity (Wildman–Crippen MR) is 204 cm³/mol. The van der Waals surface area contributed by atoms with Crippen molar-refractivity contribution in [3.63, 3.8) is 0 Å². The number of H-pyrrole nitrogens is 2. The van der Waals surface area contributed by atoms with Crippen LogP contribution in [-0.4, -0.2) is 76.2 Å². The van der Waals surface area contributed by atoms with Crippen molar-refractivity contribution in [2.24, 2.45) is 17.2 Å². The van der Waals surface area contributed by atoms with Crippen LogP contribution in [0.1, 0.15) is 72.1 Å². The van der Waals surface area contributed by atoms with Gasteiger partial charge in [-0.25, -0.2) is 9.97 Å². The molecule has 6 aromatic rings. The van der Waals surface area contributed by atoms with Crippen molar-refractivity contribution in [2.45, 2.75) is 75.5 Å². The normalized spacial score (nSPS) is 19.9.